The number of hydrogen-bond acceptors (Lipinski definition) is 4. The van der Waals surface area contributed by atoms with Crippen LogP contribution in [0.1, 0.15) is 38.2 Å². The summed E-state index contributed by atoms with van der Waals surface area (Å²) in [6, 6.07) is 15.6. The maximum atomic E-state index is 14.9. The highest BCUT2D eigenvalue weighted by Gasteiger charge is 2.44. The summed E-state index contributed by atoms with van der Waals surface area (Å²) in [6.45, 7) is -1.21. The van der Waals surface area contributed by atoms with Crippen LogP contribution in [-0.4, -0.2) is 28.8 Å². The minimum Gasteiger partial charge on any atom is -0.466 e. The fourth-order valence-corrected chi connectivity index (χ4v) is 6.58. The molecule has 210 valence electrons. The molecule has 2 aliphatic carbocycles. The van der Waals surface area contributed by atoms with Gasteiger partial charge in [0.1, 0.15) is 5.82 Å². The number of aromatic nitrogens is 2. The standard InChI is InChI=1S/C33H31ClFN3O3/c1-37-31-9-8-22(15-26(31)18-36-37)23-6-7-25(30(34)16-23)19-38(33(40)29-14-20-3-5-24(29)11-20)28-13-21(12-27(35)17-28)4-10-32(39)41-2/h4,6-10,12-13,15-18,20,24,29H,3,5,11,14,19H2,1-2H3/b10-4+/t20-,24+,29-/m1/s1/i19D/t19?,20-,24+,29-. The number of nitrogens with zero attached hydrogens (tertiary/aromatic N) is 3. The van der Waals surface area contributed by atoms with Gasteiger partial charge < -0.3 is 9.64 Å². The van der Waals surface area contributed by atoms with E-state index in [1.165, 1.54) is 36.3 Å². The van der Waals surface area contributed by atoms with E-state index in [0.29, 0.717) is 22.1 Å². The molecule has 1 amide bonds. The molecule has 0 aliphatic heterocycles. The number of amides is 1. The summed E-state index contributed by atoms with van der Waals surface area (Å²) in [5, 5.41) is 5.65. The molecular formula is C33H31ClFN3O3. The van der Waals surface area contributed by atoms with Crippen molar-refractivity contribution in [3.63, 3.8) is 0 Å². The van der Waals surface area contributed by atoms with Crippen LogP contribution in [-0.2, 0) is 27.9 Å². The molecule has 2 fully saturated rings. The molecule has 6 nitrogen and oxygen atoms in total. The fourth-order valence-electron chi connectivity index (χ4n) is 6.35. The maximum Gasteiger partial charge on any atom is 0.330 e. The zero-order chi connectivity index (χ0) is 29.5. The lowest BCUT2D eigenvalue weighted by Gasteiger charge is -2.30. The number of aryl methyl sites for hydroxylation is 1. The van der Waals surface area contributed by atoms with E-state index in [1.54, 1.807) is 24.4 Å². The molecule has 1 unspecified atom stereocenters. The molecule has 4 aromatic rings. The van der Waals surface area contributed by atoms with Crippen LogP contribution in [0.5, 0.6) is 0 Å². The minimum absolute atomic E-state index is 0.196. The first-order valence-electron chi connectivity index (χ1n) is 14.3. The molecular weight excluding hydrogens is 541 g/mol. The van der Waals surface area contributed by atoms with Gasteiger partial charge in [-0.05, 0) is 95.8 Å². The zero-order valence-electron chi connectivity index (χ0n) is 23.9. The number of carbonyl (C=O) groups excluding carboxylic acids is 2. The Hall–Kier alpha value is -3.97. The Balaban J connectivity index is 1.37. The smallest absolute Gasteiger partial charge is 0.330 e. The topological polar surface area (TPSA) is 64.4 Å². The largest absolute Gasteiger partial charge is 0.466 e. The summed E-state index contributed by atoms with van der Waals surface area (Å²) in [6.07, 6.45) is 8.33. The van der Waals surface area contributed by atoms with Crippen molar-refractivity contribution >= 4 is 46.1 Å². The molecule has 6 rings (SSSR count). The Morgan fingerprint density at radius 1 is 1.15 bits per heavy atom. The van der Waals surface area contributed by atoms with Gasteiger partial charge in [-0.1, -0.05) is 36.2 Å². The number of rotatable bonds is 7. The van der Waals surface area contributed by atoms with Crippen molar-refractivity contribution in [1.82, 2.24) is 9.78 Å². The van der Waals surface area contributed by atoms with E-state index >= 15 is 0 Å². The third-order valence-electron chi connectivity index (χ3n) is 8.44. The SMILES string of the molecule is [2H]C(c1ccc(-c2ccc3c(cnn3C)c2)cc1Cl)N(C(=O)[C@@H]1C[C@@H]2CC[C@H]1C2)c1cc(F)cc(/C=C/C(=O)OC)c1. The minimum atomic E-state index is -1.21. The Morgan fingerprint density at radius 3 is 2.68 bits per heavy atom. The summed E-state index contributed by atoms with van der Waals surface area (Å²) in [5.41, 5.74) is 3.89. The molecule has 41 heavy (non-hydrogen) atoms. The van der Waals surface area contributed by atoms with Gasteiger partial charge >= 0.3 is 5.97 Å². The highest BCUT2D eigenvalue weighted by molar-refractivity contribution is 6.31. The first-order valence-corrected chi connectivity index (χ1v) is 14.1. The lowest BCUT2D eigenvalue weighted by atomic mass is 9.87. The number of benzene rings is 3. The third kappa shape index (κ3) is 5.51. The van der Waals surface area contributed by atoms with Crippen molar-refractivity contribution in [2.45, 2.75) is 32.2 Å². The summed E-state index contributed by atoms with van der Waals surface area (Å²) >= 11 is 6.81. The molecule has 2 bridgehead atoms. The highest BCUT2D eigenvalue weighted by Crippen LogP contribution is 2.49. The van der Waals surface area contributed by atoms with Gasteiger partial charge in [-0.15, -0.1) is 0 Å². The zero-order valence-corrected chi connectivity index (χ0v) is 23.6. The normalized spacial score (nSPS) is 20.9. The molecule has 4 atom stereocenters. The van der Waals surface area contributed by atoms with E-state index in [-0.39, 0.29) is 23.4 Å². The second kappa shape index (κ2) is 11.1. The van der Waals surface area contributed by atoms with Crippen molar-refractivity contribution in [2.24, 2.45) is 24.8 Å². The Labute approximate surface area is 244 Å². The number of hydrogen-bond donors (Lipinski definition) is 0. The molecule has 0 radical (unpaired) electrons. The van der Waals surface area contributed by atoms with Gasteiger partial charge in [-0.25, -0.2) is 9.18 Å². The number of methoxy groups -OCH3 is 1. The van der Waals surface area contributed by atoms with Crippen LogP contribution >= 0.6 is 11.6 Å². The van der Waals surface area contributed by atoms with Gasteiger partial charge in [0.25, 0.3) is 0 Å². The van der Waals surface area contributed by atoms with Crippen molar-refractivity contribution in [1.29, 1.82) is 0 Å². The molecule has 0 N–H and O–H groups in total. The van der Waals surface area contributed by atoms with Gasteiger partial charge in [0.2, 0.25) is 5.91 Å². The summed E-state index contributed by atoms with van der Waals surface area (Å²) in [4.78, 5) is 27.2. The number of carbonyl (C=O) groups is 2. The van der Waals surface area contributed by atoms with Crippen molar-refractivity contribution in [3.05, 3.63) is 88.8 Å². The lowest BCUT2D eigenvalue weighted by molar-refractivity contribution is -0.134. The van der Waals surface area contributed by atoms with Crippen LogP contribution in [0, 0.1) is 23.6 Å². The van der Waals surface area contributed by atoms with Gasteiger partial charge in [0, 0.05) is 35.1 Å². The number of ether oxygens (including phenoxy) is 1. The number of halogens is 2. The first kappa shape index (κ1) is 26.0. The van der Waals surface area contributed by atoms with Crippen molar-refractivity contribution in [2.75, 3.05) is 12.0 Å². The summed E-state index contributed by atoms with van der Waals surface area (Å²) in [5.74, 6) is -0.798. The van der Waals surface area contributed by atoms with E-state index in [9.17, 15) is 15.4 Å². The van der Waals surface area contributed by atoms with Crippen LogP contribution in [0.4, 0.5) is 10.1 Å². The first-order chi connectivity index (χ1) is 20.2. The molecule has 8 heteroatoms. The van der Waals surface area contributed by atoms with E-state index in [2.05, 4.69) is 9.84 Å². The molecule has 1 heterocycles. The number of esters is 1. The number of anilines is 1. The molecule has 1 aromatic heterocycles. The second-order valence-electron chi connectivity index (χ2n) is 11.0. The van der Waals surface area contributed by atoms with E-state index in [1.807, 2.05) is 36.0 Å². The monoisotopic (exact) mass is 572 g/mol. The van der Waals surface area contributed by atoms with Crippen molar-refractivity contribution in [3.8, 4) is 11.1 Å². The highest BCUT2D eigenvalue weighted by atomic mass is 35.5. The van der Waals surface area contributed by atoms with Crippen molar-refractivity contribution < 1.29 is 20.1 Å². The Morgan fingerprint density at radius 2 is 1.95 bits per heavy atom. The van der Waals surface area contributed by atoms with Crippen LogP contribution < -0.4 is 4.90 Å². The van der Waals surface area contributed by atoms with Gasteiger partial charge in [-0.2, -0.15) is 5.10 Å². The van der Waals surface area contributed by atoms with Gasteiger partial charge in [0.05, 0.1) is 26.7 Å². The van der Waals surface area contributed by atoms with Crippen LogP contribution in [0.25, 0.3) is 28.1 Å². The molecule has 3 aromatic carbocycles. The fraction of sp³-hybridized carbons (Fsp3) is 0.303. The average molecular weight is 573 g/mol. The van der Waals surface area contributed by atoms with Crippen LogP contribution in [0.3, 0.4) is 0 Å². The predicted octanol–water partition coefficient (Wildman–Crippen LogP) is 7.19. The van der Waals surface area contributed by atoms with Crippen LogP contribution in [0.15, 0.2) is 66.9 Å². The molecule has 2 saturated carbocycles. The second-order valence-corrected chi connectivity index (χ2v) is 11.4. The van der Waals surface area contributed by atoms with Gasteiger partial charge in [0.15, 0.2) is 0 Å². The maximum absolute atomic E-state index is 14.9. The third-order valence-corrected chi connectivity index (χ3v) is 8.76. The van der Waals surface area contributed by atoms with Gasteiger partial charge in [-0.3, -0.25) is 9.48 Å². The molecule has 0 spiro atoms. The predicted molar refractivity (Wildman–Crippen MR) is 159 cm³/mol. The van der Waals surface area contributed by atoms with E-state index in [0.717, 1.165) is 47.7 Å². The lowest BCUT2D eigenvalue weighted by Crippen LogP contribution is -2.38. The quantitative estimate of drug-likeness (QED) is 0.174. The Kier molecular flexibility index (Phi) is 7.05. The Bertz CT molecular complexity index is 1720. The average Bonchev–Trinajstić information content (AvgIpc) is 3.72. The summed E-state index contributed by atoms with van der Waals surface area (Å²) < 4.78 is 30.7. The summed E-state index contributed by atoms with van der Waals surface area (Å²) in [7, 11) is 3.15. The van der Waals surface area contributed by atoms with E-state index in [4.69, 9.17) is 11.6 Å². The number of fused-ring (bicyclic) bond motifs is 3. The molecule has 2 aliphatic rings. The molecule has 0 saturated heterocycles. The van der Waals surface area contributed by atoms with E-state index < -0.39 is 18.3 Å². The van der Waals surface area contributed by atoms with Crippen LogP contribution in [0.2, 0.25) is 5.02 Å².